The highest BCUT2D eigenvalue weighted by molar-refractivity contribution is 7.15. The standard InChI is InChI=1S/C36H34ClN7O4S/c1-20-21(2)49-34-31(20)32(23-7-9-25(37)10-8-23)39-29(33-41-40-22(3)44(33)34)15-30(45)43-18-36(19-43)16-26(17-36)42-48-27-11-12-28(35(46)47-4)24(14-27)6-5-13-38/h7-12,14,29H,13,15-19,38H2,1-4H3/t29-/m0/s1. The molecule has 3 aliphatic rings. The summed E-state index contributed by atoms with van der Waals surface area (Å²) >= 11 is 7.92. The molecule has 2 fully saturated rings. The summed E-state index contributed by atoms with van der Waals surface area (Å²) < 4.78 is 6.91. The largest absolute Gasteiger partial charge is 0.465 e. The quantitative estimate of drug-likeness (QED) is 0.163. The van der Waals surface area contributed by atoms with Crippen molar-refractivity contribution in [1.82, 2.24) is 19.7 Å². The number of hydrogen-bond acceptors (Lipinski definition) is 10. The zero-order valence-electron chi connectivity index (χ0n) is 27.5. The van der Waals surface area contributed by atoms with Crippen LogP contribution in [0.15, 0.2) is 52.6 Å². The molecule has 4 aromatic rings. The molecule has 250 valence electrons. The molecule has 2 aliphatic heterocycles. The van der Waals surface area contributed by atoms with Gasteiger partial charge in [-0.05, 0) is 63.4 Å². The summed E-state index contributed by atoms with van der Waals surface area (Å²) in [6.45, 7) is 7.60. The Morgan fingerprint density at radius 1 is 1.12 bits per heavy atom. The number of nitrogens with two attached hydrogens (primary N) is 1. The highest BCUT2D eigenvalue weighted by atomic mass is 35.5. The minimum absolute atomic E-state index is 0.000951. The van der Waals surface area contributed by atoms with Crippen molar-refractivity contribution < 1.29 is 19.2 Å². The monoisotopic (exact) mass is 695 g/mol. The SMILES string of the molecule is COC(=O)c1ccc(ON=C2CC3(C2)CN(C(=O)C[C@@H]2N=C(c4ccc(Cl)cc4)c4c(sc(C)c4C)-n4c(C)nnc42)C3)cc1C#CCN. The number of rotatable bonds is 6. The van der Waals surface area contributed by atoms with Crippen LogP contribution < -0.4 is 10.6 Å². The molecular weight excluding hydrogens is 662 g/mol. The number of carbonyl (C=O) groups is 2. The lowest BCUT2D eigenvalue weighted by Crippen LogP contribution is -2.64. The number of aryl methyl sites for hydroxylation is 2. The van der Waals surface area contributed by atoms with Crippen molar-refractivity contribution in [3.8, 4) is 22.6 Å². The van der Waals surface area contributed by atoms with E-state index < -0.39 is 12.0 Å². The third kappa shape index (κ3) is 6.03. The number of ether oxygens (including phenoxy) is 1. The van der Waals surface area contributed by atoms with Crippen molar-refractivity contribution >= 4 is 46.2 Å². The average molecular weight is 696 g/mol. The van der Waals surface area contributed by atoms with Crippen molar-refractivity contribution in [2.45, 2.75) is 46.1 Å². The Morgan fingerprint density at radius 2 is 1.88 bits per heavy atom. The number of halogens is 1. The van der Waals surface area contributed by atoms with Gasteiger partial charge in [-0.3, -0.25) is 14.4 Å². The molecule has 1 saturated heterocycles. The Hall–Kier alpha value is -4.83. The second-order valence-electron chi connectivity index (χ2n) is 12.7. The molecule has 4 heterocycles. The maximum absolute atomic E-state index is 13.7. The van der Waals surface area contributed by atoms with E-state index in [1.54, 1.807) is 29.5 Å². The zero-order valence-corrected chi connectivity index (χ0v) is 29.1. The Kier molecular flexibility index (Phi) is 8.60. The molecule has 2 aromatic carbocycles. The van der Waals surface area contributed by atoms with Gasteiger partial charge in [-0.1, -0.05) is 40.7 Å². The van der Waals surface area contributed by atoms with Gasteiger partial charge in [-0.15, -0.1) is 21.5 Å². The zero-order chi connectivity index (χ0) is 34.4. The maximum atomic E-state index is 13.7. The van der Waals surface area contributed by atoms with Crippen LogP contribution >= 0.6 is 22.9 Å². The van der Waals surface area contributed by atoms with Gasteiger partial charge in [0.15, 0.2) is 11.6 Å². The Bertz CT molecular complexity index is 2110. The molecule has 1 saturated carbocycles. The van der Waals surface area contributed by atoms with Crippen molar-refractivity contribution in [1.29, 1.82) is 0 Å². The maximum Gasteiger partial charge on any atom is 0.339 e. The van der Waals surface area contributed by atoms with E-state index in [4.69, 9.17) is 31.9 Å². The van der Waals surface area contributed by atoms with Gasteiger partial charge in [0, 0.05) is 51.2 Å². The fraction of sp³-hybridized carbons (Fsp3) is 0.333. The second-order valence-corrected chi connectivity index (χ2v) is 14.3. The first-order valence-electron chi connectivity index (χ1n) is 15.9. The van der Waals surface area contributed by atoms with Gasteiger partial charge in [-0.2, -0.15) is 0 Å². The van der Waals surface area contributed by atoms with Gasteiger partial charge in [0.1, 0.15) is 16.9 Å². The fourth-order valence-corrected chi connectivity index (χ4v) is 8.04. The number of fused-ring (bicyclic) bond motifs is 3. The summed E-state index contributed by atoms with van der Waals surface area (Å²) in [6.07, 6.45) is 1.66. The molecule has 0 bridgehead atoms. The molecule has 11 nitrogen and oxygen atoms in total. The van der Waals surface area contributed by atoms with Gasteiger partial charge in [0.2, 0.25) is 5.91 Å². The third-order valence-electron chi connectivity index (χ3n) is 9.29. The highest BCUT2D eigenvalue weighted by Gasteiger charge is 2.53. The van der Waals surface area contributed by atoms with Crippen LogP contribution in [0.2, 0.25) is 5.02 Å². The predicted molar refractivity (Wildman–Crippen MR) is 188 cm³/mol. The summed E-state index contributed by atoms with van der Waals surface area (Å²) in [5.41, 5.74) is 11.2. The Balaban J connectivity index is 1.05. The first-order valence-corrected chi connectivity index (χ1v) is 17.1. The van der Waals surface area contributed by atoms with E-state index in [0.29, 0.717) is 40.8 Å². The number of hydrogen-bond donors (Lipinski definition) is 1. The number of oxime groups is 1. The van der Waals surface area contributed by atoms with E-state index in [2.05, 4.69) is 45.6 Å². The molecule has 1 amide bonds. The lowest BCUT2D eigenvalue weighted by molar-refractivity contribution is -0.144. The van der Waals surface area contributed by atoms with Gasteiger partial charge < -0.3 is 20.2 Å². The number of benzene rings is 2. The number of methoxy groups -OCH3 is 1. The molecular formula is C36H34ClN7O4S. The number of esters is 1. The van der Waals surface area contributed by atoms with Gasteiger partial charge in [0.25, 0.3) is 0 Å². The summed E-state index contributed by atoms with van der Waals surface area (Å²) in [5, 5.41) is 14.9. The average Bonchev–Trinajstić information content (AvgIpc) is 3.53. The summed E-state index contributed by atoms with van der Waals surface area (Å²) in [5.74, 6) is 7.06. The van der Waals surface area contributed by atoms with Gasteiger partial charge >= 0.3 is 5.97 Å². The van der Waals surface area contributed by atoms with Crippen LogP contribution in [0.5, 0.6) is 5.75 Å². The van der Waals surface area contributed by atoms with Crippen LogP contribution in [-0.2, 0) is 9.53 Å². The topological polar surface area (TPSA) is 137 Å². The smallest absolute Gasteiger partial charge is 0.339 e. The van der Waals surface area contributed by atoms with Crippen LogP contribution in [0.3, 0.4) is 0 Å². The number of nitrogens with zero attached hydrogens (tertiary/aromatic N) is 6. The van der Waals surface area contributed by atoms with Crippen LogP contribution in [0.4, 0.5) is 0 Å². The summed E-state index contributed by atoms with van der Waals surface area (Å²) in [4.78, 5) is 39.9. The van der Waals surface area contributed by atoms with Gasteiger partial charge in [-0.25, -0.2) is 4.79 Å². The highest BCUT2D eigenvalue weighted by Crippen LogP contribution is 2.47. The van der Waals surface area contributed by atoms with Gasteiger partial charge in [0.05, 0.1) is 37.1 Å². The third-order valence-corrected chi connectivity index (χ3v) is 10.7. The van der Waals surface area contributed by atoms with Crippen molar-refractivity contribution in [3.63, 3.8) is 0 Å². The molecule has 49 heavy (non-hydrogen) atoms. The summed E-state index contributed by atoms with van der Waals surface area (Å²) in [7, 11) is 1.32. The van der Waals surface area contributed by atoms with Crippen molar-refractivity contribution in [2.24, 2.45) is 21.3 Å². The van der Waals surface area contributed by atoms with Crippen LogP contribution in [0.25, 0.3) is 5.00 Å². The molecule has 1 spiro atoms. The molecule has 0 radical (unpaired) electrons. The number of amides is 1. The van der Waals surface area contributed by atoms with Crippen LogP contribution in [-0.4, -0.2) is 69.7 Å². The van der Waals surface area contributed by atoms with E-state index in [1.165, 1.54) is 12.0 Å². The Morgan fingerprint density at radius 3 is 2.59 bits per heavy atom. The lowest BCUT2D eigenvalue weighted by Gasteiger charge is -2.55. The predicted octanol–water partition coefficient (Wildman–Crippen LogP) is 5.34. The first kappa shape index (κ1) is 32.7. The number of aliphatic imine (C=N–C) groups is 1. The van der Waals surface area contributed by atoms with Crippen LogP contribution in [0, 0.1) is 38.0 Å². The minimum Gasteiger partial charge on any atom is -0.465 e. The molecule has 0 unspecified atom stereocenters. The number of aromatic nitrogens is 3. The lowest BCUT2D eigenvalue weighted by atomic mass is 9.62. The molecule has 13 heteroatoms. The molecule has 7 rings (SSSR count). The van der Waals surface area contributed by atoms with E-state index in [-0.39, 0.29) is 24.3 Å². The second kappa shape index (κ2) is 12.9. The molecule has 2 aromatic heterocycles. The number of thiophene rings is 1. The van der Waals surface area contributed by atoms with Crippen molar-refractivity contribution in [2.75, 3.05) is 26.7 Å². The molecule has 2 N–H and O–H groups in total. The molecule has 1 aliphatic carbocycles. The van der Waals surface area contributed by atoms with Crippen LogP contribution in [0.1, 0.15) is 74.4 Å². The first-order chi connectivity index (χ1) is 23.6. The van der Waals surface area contributed by atoms with E-state index in [9.17, 15) is 9.59 Å². The Labute approximate surface area is 292 Å². The normalized spacial score (nSPS) is 17.0. The van der Waals surface area contributed by atoms with E-state index in [0.717, 1.165) is 51.8 Å². The van der Waals surface area contributed by atoms with E-state index in [1.807, 2.05) is 36.1 Å². The summed E-state index contributed by atoms with van der Waals surface area (Å²) in [6, 6.07) is 12.1. The minimum atomic E-state index is -0.507. The molecule has 1 atom stereocenters. The fourth-order valence-electron chi connectivity index (χ4n) is 6.70. The van der Waals surface area contributed by atoms with E-state index >= 15 is 0 Å². The number of likely N-dealkylation sites (tertiary alicyclic amines) is 1. The van der Waals surface area contributed by atoms with Crippen molar-refractivity contribution in [3.05, 3.63) is 91.8 Å². The number of carbonyl (C=O) groups excluding carboxylic acids is 2.